The molecule has 0 aliphatic heterocycles. The van der Waals surface area contributed by atoms with Gasteiger partial charge >= 0.3 is 0 Å². The fourth-order valence-corrected chi connectivity index (χ4v) is 2.78. The van der Waals surface area contributed by atoms with E-state index in [9.17, 15) is 0 Å². The molecule has 0 unspecified atom stereocenters. The molecule has 136 valence electrons. The minimum absolute atomic E-state index is 0.0278. The number of ether oxygens (including phenoxy) is 2. The van der Waals surface area contributed by atoms with Gasteiger partial charge in [0, 0.05) is 17.1 Å². The van der Waals surface area contributed by atoms with Crippen LogP contribution in [-0.2, 0) is 13.2 Å². The highest BCUT2D eigenvalue weighted by atomic mass is 35.5. The molecule has 0 radical (unpaired) electrons. The lowest BCUT2D eigenvalue weighted by atomic mass is 10.1. The lowest BCUT2D eigenvalue weighted by Crippen LogP contribution is -2.35. The van der Waals surface area contributed by atoms with Crippen LogP contribution >= 0.6 is 23.2 Å². The van der Waals surface area contributed by atoms with Gasteiger partial charge < -0.3 is 14.8 Å². The predicted molar refractivity (Wildman–Crippen MR) is 105 cm³/mol. The number of halogens is 2. The predicted octanol–water partition coefficient (Wildman–Crippen LogP) is 5.86. The van der Waals surface area contributed by atoms with Gasteiger partial charge in [0.15, 0.2) is 11.5 Å². The summed E-state index contributed by atoms with van der Waals surface area (Å²) in [4.78, 5) is 0. The van der Waals surface area contributed by atoms with Crippen LogP contribution in [0.15, 0.2) is 36.4 Å². The van der Waals surface area contributed by atoms with Crippen LogP contribution in [-0.4, -0.2) is 12.1 Å². The molecule has 2 aromatic carbocycles. The topological polar surface area (TPSA) is 30.5 Å². The number of rotatable bonds is 7. The minimum Gasteiger partial charge on any atom is -0.490 e. The van der Waals surface area contributed by atoms with Crippen molar-refractivity contribution >= 4 is 23.2 Å². The van der Waals surface area contributed by atoms with E-state index in [1.54, 1.807) is 0 Å². The second-order valence-electron chi connectivity index (χ2n) is 6.86. The van der Waals surface area contributed by atoms with E-state index < -0.39 is 0 Å². The summed E-state index contributed by atoms with van der Waals surface area (Å²) in [6.07, 6.45) is 0. The van der Waals surface area contributed by atoms with E-state index in [0.29, 0.717) is 41.3 Å². The van der Waals surface area contributed by atoms with Crippen LogP contribution in [0.25, 0.3) is 0 Å². The van der Waals surface area contributed by atoms with Crippen LogP contribution in [0.2, 0.25) is 10.0 Å². The molecule has 2 aromatic rings. The fraction of sp³-hybridized carbons (Fsp3) is 0.400. The molecule has 5 heteroatoms. The van der Waals surface area contributed by atoms with Gasteiger partial charge in [-0.15, -0.1) is 0 Å². The van der Waals surface area contributed by atoms with Crippen molar-refractivity contribution in [3.63, 3.8) is 0 Å². The van der Waals surface area contributed by atoms with Gasteiger partial charge in [-0.3, -0.25) is 0 Å². The van der Waals surface area contributed by atoms with Crippen LogP contribution in [0.1, 0.15) is 38.8 Å². The molecule has 0 amide bonds. The summed E-state index contributed by atoms with van der Waals surface area (Å²) in [7, 11) is 0. The molecule has 0 fully saturated rings. The third kappa shape index (κ3) is 6.43. The van der Waals surface area contributed by atoms with E-state index in [4.69, 9.17) is 32.7 Å². The zero-order valence-corrected chi connectivity index (χ0v) is 16.7. The summed E-state index contributed by atoms with van der Waals surface area (Å²) in [5, 5.41) is 4.67. The smallest absolute Gasteiger partial charge is 0.180 e. The summed E-state index contributed by atoms with van der Waals surface area (Å²) in [6, 6.07) is 11.4. The first kappa shape index (κ1) is 19.9. The van der Waals surface area contributed by atoms with Crippen molar-refractivity contribution in [2.24, 2.45) is 0 Å². The Hall–Kier alpha value is -1.42. The van der Waals surface area contributed by atoms with Gasteiger partial charge in [-0.1, -0.05) is 35.3 Å². The number of benzene rings is 2. The molecule has 0 atom stereocenters. The monoisotopic (exact) mass is 381 g/mol. The lowest BCUT2D eigenvalue weighted by molar-refractivity contribution is 0.269. The van der Waals surface area contributed by atoms with Gasteiger partial charge in [-0.25, -0.2) is 0 Å². The molecule has 0 saturated carbocycles. The molecule has 25 heavy (non-hydrogen) atoms. The average molecular weight is 382 g/mol. The second kappa shape index (κ2) is 8.79. The molecule has 0 aromatic heterocycles. The van der Waals surface area contributed by atoms with Crippen molar-refractivity contribution in [2.75, 3.05) is 6.61 Å². The zero-order chi connectivity index (χ0) is 18.4. The summed E-state index contributed by atoms with van der Waals surface area (Å²) >= 11 is 12.5. The third-order valence-electron chi connectivity index (χ3n) is 3.46. The maximum absolute atomic E-state index is 6.46. The van der Waals surface area contributed by atoms with Crippen molar-refractivity contribution in [1.29, 1.82) is 0 Å². The van der Waals surface area contributed by atoms with E-state index in [-0.39, 0.29) is 5.54 Å². The second-order valence-corrected chi connectivity index (χ2v) is 7.70. The third-order valence-corrected chi connectivity index (χ3v) is 3.98. The van der Waals surface area contributed by atoms with Crippen LogP contribution in [0, 0.1) is 0 Å². The van der Waals surface area contributed by atoms with Crippen LogP contribution < -0.4 is 14.8 Å². The van der Waals surface area contributed by atoms with Gasteiger partial charge in [0.1, 0.15) is 6.61 Å². The lowest BCUT2D eigenvalue weighted by Gasteiger charge is -2.21. The van der Waals surface area contributed by atoms with Crippen LogP contribution in [0.4, 0.5) is 0 Å². The highest BCUT2D eigenvalue weighted by Gasteiger charge is 2.15. The quantitative estimate of drug-likeness (QED) is 0.651. The van der Waals surface area contributed by atoms with Gasteiger partial charge in [-0.2, -0.15) is 0 Å². The molecular formula is C20H25Cl2NO2. The van der Waals surface area contributed by atoms with Crippen LogP contribution in [0.3, 0.4) is 0 Å². The first-order valence-corrected chi connectivity index (χ1v) is 9.11. The summed E-state index contributed by atoms with van der Waals surface area (Å²) < 4.78 is 11.7. The van der Waals surface area contributed by atoms with E-state index in [1.807, 2.05) is 43.3 Å². The van der Waals surface area contributed by atoms with Crippen molar-refractivity contribution < 1.29 is 9.47 Å². The van der Waals surface area contributed by atoms with Crippen LogP contribution in [0.5, 0.6) is 11.5 Å². The Labute approximate surface area is 160 Å². The van der Waals surface area contributed by atoms with Crippen molar-refractivity contribution in [1.82, 2.24) is 5.32 Å². The Morgan fingerprint density at radius 1 is 1.00 bits per heavy atom. The SMILES string of the molecule is CCOc1cc(CNC(C)(C)C)cc(Cl)c1OCc1cccc(Cl)c1. The fourth-order valence-electron chi connectivity index (χ4n) is 2.28. The molecule has 0 heterocycles. The molecular weight excluding hydrogens is 357 g/mol. The van der Waals surface area contributed by atoms with Crippen molar-refractivity contribution in [2.45, 2.75) is 46.4 Å². The van der Waals surface area contributed by atoms with Gasteiger partial charge in [-0.05, 0) is 63.1 Å². The number of hydrogen-bond acceptors (Lipinski definition) is 3. The Morgan fingerprint density at radius 2 is 1.76 bits per heavy atom. The molecule has 2 rings (SSSR count). The van der Waals surface area contributed by atoms with Crippen molar-refractivity contribution in [3.8, 4) is 11.5 Å². The van der Waals surface area contributed by atoms with Gasteiger partial charge in [0.2, 0.25) is 0 Å². The largest absolute Gasteiger partial charge is 0.490 e. The highest BCUT2D eigenvalue weighted by molar-refractivity contribution is 6.32. The maximum atomic E-state index is 6.46. The van der Waals surface area contributed by atoms with Gasteiger partial charge in [0.25, 0.3) is 0 Å². The Balaban J connectivity index is 2.18. The Bertz CT molecular complexity index is 711. The van der Waals surface area contributed by atoms with E-state index in [2.05, 4.69) is 26.1 Å². The Kier molecular flexibility index (Phi) is 7.00. The van der Waals surface area contributed by atoms with Crippen molar-refractivity contribution in [3.05, 3.63) is 57.6 Å². The average Bonchev–Trinajstić information content (AvgIpc) is 2.52. The molecule has 0 bridgehead atoms. The molecule has 0 spiro atoms. The molecule has 3 nitrogen and oxygen atoms in total. The summed E-state index contributed by atoms with van der Waals surface area (Å²) in [5.74, 6) is 1.21. The number of nitrogens with one attached hydrogen (secondary N) is 1. The molecule has 0 aliphatic carbocycles. The van der Waals surface area contributed by atoms with Gasteiger partial charge in [0.05, 0.1) is 11.6 Å². The first-order chi connectivity index (χ1) is 11.8. The normalized spacial score (nSPS) is 11.4. The van der Waals surface area contributed by atoms with E-state index in [1.165, 1.54) is 0 Å². The summed E-state index contributed by atoms with van der Waals surface area (Å²) in [6.45, 7) is 9.94. The zero-order valence-electron chi connectivity index (χ0n) is 15.2. The first-order valence-electron chi connectivity index (χ1n) is 8.36. The standard InChI is InChI=1S/C20H25Cl2NO2/c1-5-24-18-11-15(12-23-20(2,3)4)10-17(22)19(18)25-13-14-7-6-8-16(21)9-14/h6-11,23H,5,12-13H2,1-4H3. The minimum atomic E-state index is 0.0278. The molecule has 0 saturated heterocycles. The van der Waals surface area contributed by atoms with E-state index in [0.717, 1.165) is 11.1 Å². The Morgan fingerprint density at radius 3 is 2.40 bits per heavy atom. The highest BCUT2D eigenvalue weighted by Crippen LogP contribution is 2.37. The number of hydrogen-bond donors (Lipinski definition) is 1. The maximum Gasteiger partial charge on any atom is 0.180 e. The molecule has 1 N–H and O–H groups in total. The van der Waals surface area contributed by atoms with E-state index >= 15 is 0 Å². The summed E-state index contributed by atoms with van der Waals surface area (Å²) in [5.41, 5.74) is 2.06. The molecule has 0 aliphatic rings.